The summed E-state index contributed by atoms with van der Waals surface area (Å²) in [4.78, 5) is 8.15. The standard InChI is InChI=1S/C17H19N3/c1-11-7-12(2)17-15(8-11)19-16(20-17)9-13-5-3-4-6-14(13)10-18/h3-8H,9-10,18H2,1-2H3,(H,19,20). The third kappa shape index (κ3) is 2.32. The Morgan fingerprint density at radius 1 is 1.10 bits per heavy atom. The second-order valence-electron chi connectivity index (χ2n) is 5.31. The number of hydrogen-bond acceptors (Lipinski definition) is 2. The van der Waals surface area contributed by atoms with E-state index in [0.29, 0.717) is 6.54 Å². The second-order valence-corrected chi connectivity index (χ2v) is 5.31. The number of aromatic amines is 1. The zero-order valence-corrected chi connectivity index (χ0v) is 11.9. The van der Waals surface area contributed by atoms with Gasteiger partial charge in [-0.25, -0.2) is 4.98 Å². The molecule has 102 valence electrons. The van der Waals surface area contributed by atoms with Crippen molar-refractivity contribution in [1.29, 1.82) is 0 Å². The minimum Gasteiger partial charge on any atom is -0.342 e. The fourth-order valence-corrected chi connectivity index (χ4v) is 2.72. The van der Waals surface area contributed by atoms with Crippen LogP contribution < -0.4 is 5.73 Å². The summed E-state index contributed by atoms with van der Waals surface area (Å²) in [7, 11) is 0. The van der Waals surface area contributed by atoms with Gasteiger partial charge in [0.2, 0.25) is 0 Å². The minimum absolute atomic E-state index is 0.564. The van der Waals surface area contributed by atoms with E-state index in [9.17, 15) is 0 Å². The number of benzene rings is 2. The van der Waals surface area contributed by atoms with Crippen LogP contribution in [0.25, 0.3) is 11.0 Å². The summed E-state index contributed by atoms with van der Waals surface area (Å²) in [6.07, 6.45) is 0.792. The van der Waals surface area contributed by atoms with Gasteiger partial charge in [-0.1, -0.05) is 30.3 Å². The monoisotopic (exact) mass is 265 g/mol. The predicted octanol–water partition coefficient (Wildman–Crippen LogP) is 3.23. The van der Waals surface area contributed by atoms with E-state index in [1.165, 1.54) is 22.3 Å². The molecule has 0 bridgehead atoms. The highest BCUT2D eigenvalue weighted by Gasteiger charge is 2.08. The molecule has 3 N–H and O–H groups in total. The average molecular weight is 265 g/mol. The summed E-state index contributed by atoms with van der Waals surface area (Å²) >= 11 is 0. The number of rotatable bonds is 3. The number of hydrogen-bond donors (Lipinski definition) is 2. The van der Waals surface area contributed by atoms with E-state index >= 15 is 0 Å². The van der Waals surface area contributed by atoms with Gasteiger partial charge < -0.3 is 10.7 Å². The topological polar surface area (TPSA) is 54.7 Å². The number of aromatic nitrogens is 2. The first-order chi connectivity index (χ1) is 9.67. The summed E-state index contributed by atoms with van der Waals surface area (Å²) in [6, 6.07) is 12.6. The van der Waals surface area contributed by atoms with Crippen LogP contribution >= 0.6 is 0 Å². The van der Waals surface area contributed by atoms with Crippen molar-refractivity contribution in [3.05, 3.63) is 64.5 Å². The molecule has 3 aromatic rings. The smallest absolute Gasteiger partial charge is 0.111 e. The van der Waals surface area contributed by atoms with E-state index in [-0.39, 0.29) is 0 Å². The Labute approximate surface area is 118 Å². The molecule has 0 atom stereocenters. The van der Waals surface area contributed by atoms with E-state index in [2.05, 4.69) is 43.1 Å². The van der Waals surface area contributed by atoms with Crippen LogP contribution in [0.1, 0.15) is 28.1 Å². The van der Waals surface area contributed by atoms with Gasteiger partial charge in [-0.3, -0.25) is 0 Å². The summed E-state index contributed by atoms with van der Waals surface area (Å²) < 4.78 is 0. The quantitative estimate of drug-likeness (QED) is 0.764. The number of nitrogens with zero attached hydrogens (tertiary/aromatic N) is 1. The number of imidazole rings is 1. The van der Waals surface area contributed by atoms with Gasteiger partial charge in [-0.15, -0.1) is 0 Å². The second kappa shape index (κ2) is 5.10. The van der Waals surface area contributed by atoms with Gasteiger partial charge in [-0.2, -0.15) is 0 Å². The van der Waals surface area contributed by atoms with Crippen molar-refractivity contribution in [2.75, 3.05) is 0 Å². The molecule has 0 spiro atoms. The fraction of sp³-hybridized carbons (Fsp3) is 0.235. The van der Waals surface area contributed by atoms with Crippen LogP contribution in [-0.2, 0) is 13.0 Å². The molecule has 0 aliphatic carbocycles. The highest BCUT2D eigenvalue weighted by Crippen LogP contribution is 2.20. The molecule has 1 heterocycles. The molecule has 2 aromatic carbocycles. The minimum atomic E-state index is 0.564. The van der Waals surface area contributed by atoms with E-state index in [4.69, 9.17) is 10.7 Å². The summed E-state index contributed by atoms with van der Waals surface area (Å²) in [6.45, 7) is 4.78. The van der Waals surface area contributed by atoms with E-state index in [1.54, 1.807) is 0 Å². The van der Waals surface area contributed by atoms with Crippen LogP contribution in [0.4, 0.5) is 0 Å². The zero-order chi connectivity index (χ0) is 14.1. The van der Waals surface area contributed by atoms with Gasteiger partial charge >= 0.3 is 0 Å². The Kier molecular flexibility index (Phi) is 3.28. The van der Waals surface area contributed by atoms with Crippen LogP contribution in [-0.4, -0.2) is 9.97 Å². The molecule has 3 nitrogen and oxygen atoms in total. The molecule has 20 heavy (non-hydrogen) atoms. The van der Waals surface area contributed by atoms with Crippen molar-refractivity contribution in [3.63, 3.8) is 0 Å². The summed E-state index contributed by atoms with van der Waals surface area (Å²) in [5.74, 6) is 0.995. The molecule has 0 radical (unpaired) electrons. The van der Waals surface area contributed by atoms with Gasteiger partial charge in [0, 0.05) is 13.0 Å². The maximum absolute atomic E-state index is 5.79. The number of fused-ring (bicyclic) bond motifs is 1. The van der Waals surface area contributed by atoms with Crippen molar-refractivity contribution in [2.45, 2.75) is 26.8 Å². The molecular formula is C17H19N3. The van der Waals surface area contributed by atoms with Crippen LogP contribution in [0.5, 0.6) is 0 Å². The molecule has 0 unspecified atom stereocenters. The maximum atomic E-state index is 5.79. The normalized spacial score (nSPS) is 11.2. The lowest BCUT2D eigenvalue weighted by Gasteiger charge is -2.05. The van der Waals surface area contributed by atoms with Crippen LogP contribution in [0.2, 0.25) is 0 Å². The molecule has 0 aliphatic rings. The first kappa shape index (κ1) is 12.9. The van der Waals surface area contributed by atoms with E-state index in [0.717, 1.165) is 23.3 Å². The lowest BCUT2D eigenvalue weighted by molar-refractivity contribution is 0.977. The van der Waals surface area contributed by atoms with Crippen molar-refractivity contribution in [3.8, 4) is 0 Å². The Balaban J connectivity index is 2.01. The lowest BCUT2D eigenvalue weighted by Crippen LogP contribution is -2.02. The molecule has 0 amide bonds. The van der Waals surface area contributed by atoms with Crippen molar-refractivity contribution in [2.24, 2.45) is 5.73 Å². The van der Waals surface area contributed by atoms with Crippen LogP contribution in [0.3, 0.4) is 0 Å². The third-order valence-corrected chi connectivity index (χ3v) is 3.67. The molecule has 3 rings (SSSR count). The largest absolute Gasteiger partial charge is 0.342 e. The fourth-order valence-electron chi connectivity index (χ4n) is 2.72. The first-order valence-corrected chi connectivity index (χ1v) is 6.90. The zero-order valence-electron chi connectivity index (χ0n) is 11.9. The Morgan fingerprint density at radius 3 is 2.60 bits per heavy atom. The molecular weight excluding hydrogens is 246 g/mol. The first-order valence-electron chi connectivity index (χ1n) is 6.90. The van der Waals surface area contributed by atoms with Crippen molar-refractivity contribution >= 4 is 11.0 Å². The molecule has 0 fully saturated rings. The Morgan fingerprint density at radius 2 is 1.85 bits per heavy atom. The van der Waals surface area contributed by atoms with Crippen molar-refractivity contribution in [1.82, 2.24) is 9.97 Å². The van der Waals surface area contributed by atoms with Gasteiger partial charge in [0.05, 0.1) is 11.0 Å². The number of nitrogens with one attached hydrogen (secondary N) is 1. The summed E-state index contributed by atoms with van der Waals surface area (Å²) in [5.41, 5.74) is 12.9. The lowest BCUT2D eigenvalue weighted by atomic mass is 10.0. The molecule has 1 aromatic heterocycles. The van der Waals surface area contributed by atoms with Gasteiger partial charge in [0.1, 0.15) is 5.82 Å². The molecule has 0 aliphatic heterocycles. The van der Waals surface area contributed by atoms with Crippen LogP contribution in [0.15, 0.2) is 36.4 Å². The van der Waals surface area contributed by atoms with Gasteiger partial charge in [-0.05, 0) is 42.2 Å². The highest BCUT2D eigenvalue weighted by molar-refractivity contribution is 5.79. The van der Waals surface area contributed by atoms with Gasteiger partial charge in [0.15, 0.2) is 0 Å². The SMILES string of the molecule is Cc1cc(C)c2nc(Cc3ccccc3CN)[nH]c2c1. The Bertz CT molecular complexity index is 756. The predicted molar refractivity (Wildman–Crippen MR) is 82.7 cm³/mol. The highest BCUT2D eigenvalue weighted by atomic mass is 14.9. The van der Waals surface area contributed by atoms with Crippen molar-refractivity contribution < 1.29 is 0 Å². The molecule has 3 heteroatoms. The number of H-pyrrole nitrogens is 1. The maximum Gasteiger partial charge on any atom is 0.111 e. The number of aryl methyl sites for hydroxylation is 2. The number of nitrogens with two attached hydrogens (primary N) is 1. The van der Waals surface area contributed by atoms with E-state index in [1.807, 2.05) is 12.1 Å². The molecule has 0 saturated heterocycles. The third-order valence-electron chi connectivity index (χ3n) is 3.67. The van der Waals surface area contributed by atoms with E-state index < -0.39 is 0 Å². The van der Waals surface area contributed by atoms with Gasteiger partial charge in [0.25, 0.3) is 0 Å². The van der Waals surface area contributed by atoms with Crippen LogP contribution in [0, 0.1) is 13.8 Å². The summed E-state index contributed by atoms with van der Waals surface area (Å²) in [5, 5.41) is 0. The Hall–Kier alpha value is -2.13. The molecule has 0 saturated carbocycles. The average Bonchev–Trinajstić information content (AvgIpc) is 2.82.